The molecule has 0 unspecified atom stereocenters. The first-order valence-electron chi connectivity index (χ1n) is 4.35. The normalized spacial score (nSPS) is 10.4. The lowest BCUT2D eigenvalue weighted by Crippen LogP contribution is -1.87. The van der Waals surface area contributed by atoms with Gasteiger partial charge in [-0.2, -0.15) is 0 Å². The van der Waals surface area contributed by atoms with Gasteiger partial charge in [-0.1, -0.05) is 35.0 Å². The van der Waals surface area contributed by atoms with Gasteiger partial charge in [-0.3, -0.25) is 4.98 Å². The molecule has 0 aliphatic heterocycles. The fourth-order valence-electron chi connectivity index (χ4n) is 1.12. The van der Waals surface area contributed by atoms with Crippen LogP contribution in [0.4, 0.5) is 5.69 Å². The molecule has 6 heteroatoms. The SMILES string of the molecule is Nc1cc(Cl)c(Sc2cnccn2)c(Cl)c1. The third-order valence-electron chi connectivity index (χ3n) is 1.77. The molecule has 0 aliphatic rings. The van der Waals surface area contributed by atoms with Gasteiger partial charge in [0.1, 0.15) is 5.03 Å². The van der Waals surface area contributed by atoms with Crippen molar-refractivity contribution in [2.75, 3.05) is 5.73 Å². The summed E-state index contributed by atoms with van der Waals surface area (Å²) in [7, 11) is 0. The number of aromatic nitrogens is 2. The second kappa shape index (κ2) is 4.91. The molecule has 1 heterocycles. The number of nitrogens with zero attached hydrogens (tertiary/aromatic N) is 2. The molecule has 0 spiro atoms. The maximum atomic E-state index is 6.05. The summed E-state index contributed by atoms with van der Waals surface area (Å²) in [5.74, 6) is 0. The van der Waals surface area contributed by atoms with Crippen molar-refractivity contribution in [2.24, 2.45) is 0 Å². The Labute approximate surface area is 107 Å². The van der Waals surface area contributed by atoms with Crippen LogP contribution in [-0.2, 0) is 0 Å². The highest BCUT2D eigenvalue weighted by Gasteiger charge is 2.09. The van der Waals surface area contributed by atoms with E-state index >= 15 is 0 Å². The van der Waals surface area contributed by atoms with E-state index in [0.29, 0.717) is 15.7 Å². The molecule has 0 saturated carbocycles. The molecular weight excluding hydrogens is 265 g/mol. The predicted molar refractivity (Wildman–Crippen MR) is 67.0 cm³/mol. The van der Waals surface area contributed by atoms with Gasteiger partial charge >= 0.3 is 0 Å². The fraction of sp³-hybridized carbons (Fsp3) is 0. The third kappa shape index (κ3) is 2.58. The van der Waals surface area contributed by atoms with Gasteiger partial charge in [0.2, 0.25) is 0 Å². The molecule has 2 N–H and O–H groups in total. The minimum absolute atomic E-state index is 0.514. The lowest BCUT2D eigenvalue weighted by Gasteiger charge is -2.06. The maximum Gasteiger partial charge on any atom is 0.119 e. The molecule has 0 fully saturated rings. The second-order valence-electron chi connectivity index (χ2n) is 2.96. The first kappa shape index (κ1) is 11.5. The largest absolute Gasteiger partial charge is 0.399 e. The van der Waals surface area contributed by atoms with Crippen molar-refractivity contribution in [3.63, 3.8) is 0 Å². The van der Waals surface area contributed by atoms with Crippen LogP contribution in [0.1, 0.15) is 0 Å². The molecule has 0 bridgehead atoms. The number of hydrogen-bond acceptors (Lipinski definition) is 4. The Morgan fingerprint density at radius 1 is 1.12 bits per heavy atom. The molecule has 1 aromatic heterocycles. The molecule has 82 valence electrons. The van der Waals surface area contributed by atoms with Crippen LogP contribution in [0.5, 0.6) is 0 Å². The predicted octanol–water partition coefficient (Wildman–Crippen LogP) is 3.52. The molecule has 0 aliphatic carbocycles. The van der Waals surface area contributed by atoms with Crippen LogP contribution in [0.2, 0.25) is 10.0 Å². The van der Waals surface area contributed by atoms with E-state index in [9.17, 15) is 0 Å². The van der Waals surface area contributed by atoms with E-state index in [1.54, 1.807) is 30.7 Å². The Morgan fingerprint density at radius 2 is 1.81 bits per heavy atom. The molecule has 0 amide bonds. The van der Waals surface area contributed by atoms with Gasteiger partial charge in [-0.15, -0.1) is 0 Å². The Hall–Kier alpha value is -0.970. The summed E-state index contributed by atoms with van der Waals surface area (Å²) >= 11 is 13.5. The number of rotatable bonds is 2. The van der Waals surface area contributed by atoms with Crippen LogP contribution in [0.25, 0.3) is 0 Å². The van der Waals surface area contributed by atoms with Gasteiger partial charge < -0.3 is 5.73 Å². The Kier molecular flexibility index (Phi) is 3.53. The number of nitrogens with two attached hydrogens (primary N) is 1. The van der Waals surface area contributed by atoms with E-state index < -0.39 is 0 Å². The molecule has 0 radical (unpaired) electrons. The van der Waals surface area contributed by atoms with Gasteiger partial charge in [0, 0.05) is 18.1 Å². The molecule has 0 saturated heterocycles. The highest BCUT2D eigenvalue weighted by Crippen LogP contribution is 2.38. The first-order valence-corrected chi connectivity index (χ1v) is 5.92. The minimum atomic E-state index is 0.514. The minimum Gasteiger partial charge on any atom is -0.399 e. The number of halogens is 2. The number of nitrogen functional groups attached to an aromatic ring is 1. The molecule has 3 nitrogen and oxygen atoms in total. The van der Waals surface area contributed by atoms with E-state index in [1.807, 2.05) is 0 Å². The summed E-state index contributed by atoms with van der Waals surface area (Å²) in [6, 6.07) is 3.32. The van der Waals surface area contributed by atoms with Gasteiger partial charge in [-0.25, -0.2) is 4.98 Å². The summed E-state index contributed by atoms with van der Waals surface area (Å²) in [5, 5.41) is 1.76. The molecule has 2 aromatic rings. The third-order valence-corrected chi connectivity index (χ3v) is 3.65. The molecular formula is C10H7Cl2N3S. The van der Waals surface area contributed by atoms with E-state index in [2.05, 4.69) is 9.97 Å². The van der Waals surface area contributed by atoms with Crippen molar-refractivity contribution >= 4 is 40.7 Å². The monoisotopic (exact) mass is 271 g/mol. The van der Waals surface area contributed by atoms with Crippen molar-refractivity contribution < 1.29 is 0 Å². The lowest BCUT2D eigenvalue weighted by molar-refractivity contribution is 1.05. The topological polar surface area (TPSA) is 51.8 Å². The summed E-state index contributed by atoms with van der Waals surface area (Å²) in [5.41, 5.74) is 6.16. The zero-order valence-corrected chi connectivity index (χ0v) is 10.4. The van der Waals surface area contributed by atoms with Crippen molar-refractivity contribution in [1.82, 2.24) is 9.97 Å². The van der Waals surface area contributed by atoms with Crippen LogP contribution in [-0.4, -0.2) is 9.97 Å². The van der Waals surface area contributed by atoms with Crippen molar-refractivity contribution in [3.8, 4) is 0 Å². The Morgan fingerprint density at radius 3 is 2.38 bits per heavy atom. The van der Waals surface area contributed by atoms with Crippen LogP contribution >= 0.6 is 35.0 Å². The van der Waals surface area contributed by atoms with Gasteiger partial charge in [-0.05, 0) is 12.1 Å². The average molecular weight is 272 g/mol. The van der Waals surface area contributed by atoms with E-state index in [-0.39, 0.29) is 0 Å². The smallest absolute Gasteiger partial charge is 0.119 e. The second-order valence-corrected chi connectivity index (χ2v) is 4.80. The van der Waals surface area contributed by atoms with Crippen LogP contribution in [0.3, 0.4) is 0 Å². The highest BCUT2D eigenvalue weighted by molar-refractivity contribution is 7.99. The van der Waals surface area contributed by atoms with Gasteiger partial charge in [0.25, 0.3) is 0 Å². The van der Waals surface area contributed by atoms with Crippen molar-refractivity contribution in [3.05, 3.63) is 40.8 Å². The quantitative estimate of drug-likeness (QED) is 0.850. The summed E-state index contributed by atoms with van der Waals surface area (Å²) in [6.45, 7) is 0. The lowest BCUT2D eigenvalue weighted by atomic mass is 10.3. The number of hydrogen-bond donors (Lipinski definition) is 1. The van der Waals surface area contributed by atoms with Crippen LogP contribution < -0.4 is 5.73 Å². The van der Waals surface area contributed by atoms with E-state index in [4.69, 9.17) is 28.9 Å². The summed E-state index contributed by atoms with van der Waals surface area (Å²) in [6.07, 6.45) is 4.87. The highest BCUT2D eigenvalue weighted by atomic mass is 35.5. The van der Waals surface area contributed by atoms with Crippen molar-refractivity contribution in [2.45, 2.75) is 9.92 Å². The van der Waals surface area contributed by atoms with Gasteiger partial charge in [0.05, 0.1) is 21.1 Å². The zero-order chi connectivity index (χ0) is 11.5. The van der Waals surface area contributed by atoms with Gasteiger partial charge in [0.15, 0.2) is 0 Å². The first-order chi connectivity index (χ1) is 7.66. The number of anilines is 1. The van der Waals surface area contributed by atoms with Crippen LogP contribution in [0, 0.1) is 0 Å². The summed E-state index contributed by atoms with van der Waals surface area (Å²) in [4.78, 5) is 8.83. The van der Waals surface area contributed by atoms with Crippen LogP contribution in [0.15, 0.2) is 40.6 Å². The Bertz CT molecular complexity index is 482. The standard InChI is InChI=1S/C10H7Cl2N3S/c11-7-3-6(13)4-8(12)10(7)16-9-5-14-1-2-15-9/h1-5H,13H2. The van der Waals surface area contributed by atoms with Crippen molar-refractivity contribution in [1.29, 1.82) is 0 Å². The zero-order valence-electron chi connectivity index (χ0n) is 8.02. The molecule has 1 aromatic carbocycles. The van der Waals surface area contributed by atoms with E-state index in [0.717, 1.165) is 9.92 Å². The number of benzene rings is 1. The van der Waals surface area contributed by atoms with E-state index in [1.165, 1.54) is 11.8 Å². The Balaban J connectivity index is 2.35. The average Bonchev–Trinajstić information content (AvgIpc) is 2.25. The molecule has 2 rings (SSSR count). The molecule has 0 atom stereocenters. The molecule has 16 heavy (non-hydrogen) atoms. The maximum absolute atomic E-state index is 6.05. The fourth-order valence-corrected chi connectivity index (χ4v) is 2.60. The summed E-state index contributed by atoms with van der Waals surface area (Å²) < 4.78 is 0.